The van der Waals surface area contributed by atoms with Gasteiger partial charge >= 0.3 is 0 Å². The lowest BCUT2D eigenvalue weighted by atomic mass is 10.2. The summed E-state index contributed by atoms with van der Waals surface area (Å²) in [6, 6.07) is 13.5. The van der Waals surface area contributed by atoms with Crippen LogP contribution in [0.5, 0.6) is 5.75 Å². The van der Waals surface area contributed by atoms with E-state index in [1.807, 2.05) is 42.5 Å². The second-order valence-electron chi connectivity index (χ2n) is 4.05. The van der Waals surface area contributed by atoms with E-state index in [1.54, 1.807) is 18.9 Å². The molecule has 1 N–H and O–H groups in total. The minimum absolute atomic E-state index is 0.0644. The fraction of sp³-hybridized carbons (Fsp3) is 0.200. The molecule has 0 radical (unpaired) electrons. The predicted molar refractivity (Wildman–Crippen MR) is 79.9 cm³/mol. The van der Waals surface area contributed by atoms with Gasteiger partial charge in [0.05, 0.1) is 13.7 Å². The van der Waals surface area contributed by atoms with Gasteiger partial charge in [0.2, 0.25) is 0 Å². The number of halogens is 1. The first kappa shape index (κ1) is 14.3. The molecular weight excluding hydrogens is 280 g/mol. The molecule has 2 aromatic rings. The highest BCUT2D eigenvalue weighted by Crippen LogP contribution is 2.30. The molecule has 0 heterocycles. The Morgan fingerprint density at radius 3 is 2.79 bits per heavy atom. The Bertz CT molecular complexity index is 558. The molecule has 0 bridgehead atoms. The van der Waals surface area contributed by atoms with Crippen LogP contribution < -0.4 is 4.74 Å². The van der Waals surface area contributed by atoms with Crippen molar-refractivity contribution in [2.24, 2.45) is 0 Å². The first-order chi connectivity index (χ1) is 9.22. The lowest BCUT2D eigenvalue weighted by molar-refractivity contribution is 0.281. The van der Waals surface area contributed by atoms with Gasteiger partial charge in [-0.2, -0.15) is 0 Å². The van der Waals surface area contributed by atoms with E-state index < -0.39 is 0 Å². The summed E-state index contributed by atoms with van der Waals surface area (Å²) < 4.78 is 5.32. The van der Waals surface area contributed by atoms with E-state index in [2.05, 4.69) is 0 Å². The third-order valence-corrected chi connectivity index (χ3v) is 4.00. The summed E-state index contributed by atoms with van der Waals surface area (Å²) in [4.78, 5) is 1.12. The van der Waals surface area contributed by atoms with Crippen molar-refractivity contribution in [3.63, 3.8) is 0 Å². The van der Waals surface area contributed by atoms with Gasteiger partial charge in [-0.25, -0.2) is 0 Å². The monoisotopic (exact) mass is 294 g/mol. The van der Waals surface area contributed by atoms with Gasteiger partial charge in [0.15, 0.2) is 0 Å². The molecular formula is C15H15ClO2S. The third-order valence-electron chi connectivity index (χ3n) is 2.72. The topological polar surface area (TPSA) is 29.5 Å². The van der Waals surface area contributed by atoms with Gasteiger partial charge in [0, 0.05) is 21.2 Å². The Morgan fingerprint density at radius 1 is 1.21 bits per heavy atom. The van der Waals surface area contributed by atoms with Crippen LogP contribution in [0.15, 0.2) is 47.4 Å². The van der Waals surface area contributed by atoms with Crippen molar-refractivity contribution in [1.29, 1.82) is 0 Å². The Hall–Kier alpha value is -1.16. The van der Waals surface area contributed by atoms with E-state index >= 15 is 0 Å². The Kier molecular flexibility index (Phi) is 5.14. The zero-order chi connectivity index (χ0) is 13.7. The highest BCUT2D eigenvalue weighted by atomic mass is 35.5. The maximum atomic E-state index is 9.12. The molecule has 0 aromatic heterocycles. The normalized spacial score (nSPS) is 10.5. The van der Waals surface area contributed by atoms with Gasteiger partial charge in [-0.15, -0.1) is 11.8 Å². The minimum Gasteiger partial charge on any atom is -0.496 e. The van der Waals surface area contributed by atoms with Crippen LogP contribution in [0.1, 0.15) is 11.1 Å². The van der Waals surface area contributed by atoms with Gasteiger partial charge in [-0.05, 0) is 35.9 Å². The quantitative estimate of drug-likeness (QED) is 0.841. The second-order valence-corrected chi connectivity index (χ2v) is 5.54. The van der Waals surface area contributed by atoms with E-state index in [9.17, 15) is 0 Å². The number of benzene rings is 2. The van der Waals surface area contributed by atoms with Gasteiger partial charge in [-0.3, -0.25) is 0 Å². The smallest absolute Gasteiger partial charge is 0.123 e. The summed E-state index contributed by atoms with van der Waals surface area (Å²) >= 11 is 7.70. The fourth-order valence-electron chi connectivity index (χ4n) is 1.75. The molecule has 2 rings (SSSR count). The highest BCUT2D eigenvalue weighted by molar-refractivity contribution is 7.98. The van der Waals surface area contributed by atoms with E-state index in [0.717, 1.165) is 27.5 Å². The molecule has 0 unspecified atom stereocenters. The number of methoxy groups -OCH3 is 1. The number of ether oxygens (including phenoxy) is 1. The van der Waals surface area contributed by atoms with Crippen molar-refractivity contribution in [2.75, 3.05) is 7.11 Å². The summed E-state index contributed by atoms with van der Waals surface area (Å²) in [7, 11) is 1.66. The molecule has 0 amide bonds. The van der Waals surface area contributed by atoms with Crippen molar-refractivity contribution in [3.8, 4) is 5.75 Å². The average molecular weight is 295 g/mol. The van der Waals surface area contributed by atoms with Crippen LogP contribution >= 0.6 is 23.4 Å². The standard InChI is InChI=1S/C15H15ClO2S/c1-18-15-6-5-13(16)8-12(15)10-19-14-4-2-3-11(7-14)9-17/h2-8,17H,9-10H2,1H3. The van der Waals surface area contributed by atoms with Crippen LogP contribution in [-0.4, -0.2) is 12.2 Å². The maximum Gasteiger partial charge on any atom is 0.123 e. The molecule has 0 saturated carbocycles. The fourth-order valence-corrected chi connectivity index (χ4v) is 2.91. The number of hydrogen-bond donors (Lipinski definition) is 1. The molecule has 0 fully saturated rings. The van der Waals surface area contributed by atoms with Crippen molar-refractivity contribution < 1.29 is 9.84 Å². The van der Waals surface area contributed by atoms with E-state index in [-0.39, 0.29) is 6.61 Å². The summed E-state index contributed by atoms with van der Waals surface area (Å²) in [6.07, 6.45) is 0. The van der Waals surface area contributed by atoms with Crippen LogP contribution in [0.4, 0.5) is 0 Å². The first-order valence-electron chi connectivity index (χ1n) is 5.88. The third kappa shape index (κ3) is 3.90. The van der Waals surface area contributed by atoms with Crippen LogP contribution in [0, 0.1) is 0 Å². The van der Waals surface area contributed by atoms with Crippen molar-refractivity contribution in [3.05, 3.63) is 58.6 Å². The Balaban J connectivity index is 2.11. The molecule has 0 spiro atoms. The lowest BCUT2D eigenvalue weighted by Crippen LogP contribution is -1.90. The predicted octanol–water partition coefficient (Wildman–Crippen LogP) is 4.13. The second kappa shape index (κ2) is 6.85. The van der Waals surface area contributed by atoms with Gasteiger partial charge in [-0.1, -0.05) is 23.7 Å². The minimum atomic E-state index is 0.0644. The number of rotatable bonds is 5. The van der Waals surface area contributed by atoms with Gasteiger partial charge < -0.3 is 9.84 Å². The first-order valence-corrected chi connectivity index (χ1v) is 7.24. The average Bonchev–Trinajstić information content (AvgIpc) is 2.45. The molecule has 2 nitrogen and oxygen atoms in total. The SMILES string of the molecule is COc1ccc(Cl)cc1CSc1cccc(CO)c1. The molecule has 0 atom stereocenters. The summed E-state index contributed by atoms with van der Waals surface area (Å²) in [5.74, 6) is 1.62. The molecule has 0 aliphatic carbocycles. The summed E-state index contributed by atoms with van der Waals surface area (Å²) in [6.45, 7) is 0.0644. The zero-order valence-corrected chi connectivity index (χ0v) is 12.2. The van der Waals surface area contributed by atoms with E-state index in [1.165, 1.54) is 0 Å². The van der Waals surface area contributed by atoms with E-state index in [0.29, 0.717) is 5.02 Å². The number of hydrogen-bond acceptors (Lipinski definition) is 3. The molecule has 0 aliphatic rings. The van der Waals surface area contributed by atoms with Gasteiger partial charge in [0.25, 0.3) is 0 Å². The van der Waals surface area contributed by atoms with Crippen LogP contribution in [0.2, 0.25) is 5.02 Å². The van der Waals surface area contributed by atoms with Crippen molar-refractivity contribution in [1.82, 2.24) is 0 Å². The Labute approximate surface area is 122 Å². The van der Waals surface area contributed by atoms with Crippen LogP contribution in [-0.2, 0) is 12.4 Å². The highest BCUT2D eigenvalue weighted by Gasteiger charge is 2.05. The molecule has 0 saturated heterocycles. The van der Waals surface area contributed by atoms with E-state index in [4.69, 9.17) is 21.4 Å². The van der Waals surface area contributed by atoms with Gasteiger partial charge in [0.1, 0.15) is 5.75 Å². The molecule has 100 valence electrons. The molecule has 2 aromatic carbocycles. The molecule has 19 heavy (non-hydrogen) atoms. The number of aliphatic hydroxyl groups excluding tert-OH is 1. The number of aliphatic hydroxyl groups is 1. The zero-order valence-electron chi connectivity index (χ0n) is 10.6. The molecule has 0 aliphatic heterocycles. The summed E-state index contributed by atoms with van der Waals surface area (Å²) in [5, 5.41) is 9.83. The number of thioether (sulfide) groups is 1. The summed E-state index contributed by atoms with van der Waals surface area (Å²) in [5.41, 5.74) is 1.98. The van der Waals surface area contributed by atoms with Crippen LogP contribution in [0.25, 0.3) is 0 Å². The Morgan fingerprint density at radius 2 is 2.05 bits per heavy atom. The largest absolute Gasteiger partial charge is 0.496 e. The van der Waals surface area contributed by atoms with Crippen molar-refractivity contribution >= 4 is 23.4 Å². The van der Waals surface area contributed by atoms with Crippen molar-refractivity contribution in [2.45, 2.75) is 17.3 Å². The lowest BCUT2D eigenvalue weighted by Gasteiger charge is -2.09. The van der Waals surface area contributed by atoms with Crippen LogP contribution in [0.3, 0.4) is 0 Å². The maximum absolute atomic E-state index is 9.12. The molecule has 4 heteroatoms.